The second-order valence-electron chi connectivity index (χ2n) is 4.04. The van der Waals surface area contributed by atoms with E-state index in [4.69, 9.17) is 4.74 Å². The molecule has 0 amide bonds. The van der Waals surface area contributed by atoms with Gasteiger partial charge in [0.05, 0.1) is 31.2 Å². The highest BCUT2D eigenvalue weighted by atomic mass is 16.5. The van der Waals surface area contributed by atoms with Crippen LogP contribution in [-0.4, -0.2) is 42.5 Å². The van der Waals surface area contributed by atoms with E-state index >= 15 is 0 Å². The molecule has 4 heteroatoms. The maximum Gasteiger partial charge on any atom is 0.0948 e. The van der Waals surface area contributed by atoms with Crippen molar-refractivity contribution in [3.63, 3.8) is 0 Å². The largest absolute Gasteiger partial charge is 0.389 e. The van der Waals surface area contributed by atoms with E-state index in [2.05, 4.69) is 22.9 Å². The molecule has 2 heterocycles. The Morgan fingerprint density at radius 2 is 2.44 bits per heavy atom. The van der Waals surface area contributed by atoms with Crippen LogP contribution in [0.25, 0.3) is 0 Å². The third-order valence-corrected chi connectivity index (χ3v) is 2.78. The molecule has 88 valence electrons. The van der Waals surface area contributed by atoms with Crippen molar-refractivity contribution in [2.24, 2.45) is 0 Å². The molecule has 2 rings (SSSR count). The Hall–Kier alpha value is -1.13. The zero-order chi connectivity index (χ0) is 11.4. The summed E-state index contributed by atoms with van der Waals surface area (Å²) >= 11 is 0. The summed E-state index contributed by atoms with van der Waals surface area (Å²) in [7, 11) is 0. The lowest BCUT2D eigenvalue weighted by atomic mass is 10.2. The standard InChI is InChI=1S/C12H18N2O2/c1-2-10-3-4-11(7-13-10)14-5-6-16-9-12(15)8-14/h3-4,7,12,15H,2,5-6,8-9H2,1H3. The topological polar surface area (TPSA) is 45.6 Å². The lowest BCUT2D eigenvalue weighted by molar-refractivity contribution is 0.0597. The summed E-state index contributed by atoms with van der Waals surface area (Å²) in [5.41, 5.74) is 2.15. The number of ether oxygens (including phenoxy) is 1. The van der Waals surface area contributed by atoms with E-state index in [9.17, 15) is 5.11 Å². The number of aryl methyl sites for hydroxylation is 1. The van der Waals surface area contributed by atoms with Crippen molar-refractivity contribution in [2.45, 2.75) is 19.4 Å². The lowest BCUT2D eigenvalue weighted by Crippen LogP contribution is -2.32. The smallest absolute Gasteiger partial charge is 0.0948 e. The maximum atomic E-state index is 9.63. The van der Waals surface area contributed by atoms with Crippen molar-refractivity contribution in [2.75, 3.05) is 31.2 Å². The maximum absolute atomic E-state index is 9.63. The average Bonchev–Trinajstić information content (AvgIpc) is 2.54. The first-order valence-electron chi connectivity index (χ1n) is 5.75. The zero-order valence-electron chi connectivity index (χ0n) is 9.59. The summed E-state index contributed by atoms with van der Waals surface area (Å²) in [6.07, 6.45) is 2.41. The number of aliphatic hydroxyl groups excluding tert-OH is 1. The third-order valence-electron chi connectivity index (χ3n) is 2.78. The van der Waals surface area contributed by atoms with Crippen LogP contribution in [0.4, 0.5) is 5.69 Å². The van der Waals surface area contributed by atoms with E-state index in [-0.39, 0.29) is 0 Å². The monoisotopic (exact) mass is 222 g/mol. The third kappa shape index (κ3) is 2.71. The first kappa shape index (κ1) is 11.4. The van der Waals surface area contributed by atoms with Gasteiger partial charge in [-0.05, 0) is 18.6 Å². The summed E-state index contributed by atoms with van der Waals surface area (Å²) in [6.45, 7) is 4.60. The highest BCUT2D eigenvalue weighted by Crippen LogP contribution is 2.15. The summed E-state index contributed by atoms with van der Waals surface area (Å²) in [6, 6.07) is 4.09. The van der Waals surface area contributed by atoms with E-state index in [1.807, 2.05) is 12.3 Å². The highest BCUT2D eigenvalue weighted by molar-refractivity contribution is 5.44. The number of β-amino-alcohol motifs (C(OH)–C–C–N with tert-alkyl or cyclic N) is 1. The highest BCUT2D eigenvalue weighted by Gasteiger charge is 2.16. The number of pyridine rings is 1. The summed E-state index contributed by atoms with van der Waals surface area (Å²) in [4.78, 5) is 6.48. The molecule has 0 aliphatic carbocycles. The van der Waals surface area contributed by atoms with E-state index in [1.54, 1.807) is 0 Å². The van der Waals surface area contributed by atoms with Crippen molar-refractivity contribution in [1.29, 1.82) is 0 Å². The van der Waals surface area contributed by atoms with Crippen LogP contribution in [0.1, 0.15) is 12.6 Å². The van der Waals surface area contributed by atoms with Gasteiger partial charge in [0.1, 0.15) is 0 Å². The average molecular weight is 222 g/mol. The number of anilines is 1. The van der Waals surface area contributed by atoms with Crippen LogP contribution in [-0.2, 0) is 11.2 Å². The molecular weight excluding hydrogens is 204 g/mol. The first-order chi connectivity index (χ1) is 7.79. The van der Waals surface area contributed by atoms with Gasteiger partial charge in [0.25, 0.3) is 0 Å². The molecule has 1 atom stereocenters. The van der Waals surface area contributed by atoms with Crippen LogP contribution >= 0.6 is 0 Å². The van der Waals surface area contributed by atoms with Gasteiger partial charge in [-0.1, -0.05) is 6.92 Å². The van der Waals surface area contributed by atoms with Crippen LogP contribution in [0, 0.1) is 0 Å². The Bertz CT molecular complexity index is 326. The van der Waals surface area contributed by atoms with Gasteiger partial charge >= 0.3 is 0 Å². The molecule has 0 aromatic carbocycles. The van der Waals surface area contributed by atoms with E-state index in [1.165, 1.54) is 0 Å². The van der Waals surface area contributed by atoms with Crippen molar-refractivity contribution < 1.29 is 9.84 Å². The van der Waals surface area contributed by atoms with Crippen molar-refractivity contribution in [3.05, 3.63) is 24.0 Å². The van der Waals surface area contributed by atoms with Gasteiger partial charge in [0.2, 0.25) is 0 Å². The fraction of sp³-hybridized carbons (Fsp3) is 0.583. The number of rotatable bonds is 2. The molecule has 16 heavy (non-hydrogen) atoms. The van der Waals surface area contributed by atoms with Gasteiger partial charge in [-0.3, -0.25) is 4.98 Å². The number of nitrogens with zero attached hydrogens (tertiary/aromatic N) is 2. The Morgan fingerprint density at radius 1 is 1.56 bits per heavy atom. The Kier molecular flexibility index (Phi) is 3.74. The summed E-state index contributed by atoms with van der Waals surface area (Å²) in [5, 5.41) is 9.63. The minimum atomic E-state index is -0.409. The molecule has 0 saturated carbocycles. The minimum absolute atomic E-state index is 0.409. The molecule has 4 nitrogen and oxygen atoms in total. The number of hydrogen-bond acceptors (Lipinski definition) is 4. The molecule has 1 N–H and O–H groups in total. The van der Waals surface area contributed by atoms with Gasteiger partial charge in [-0.25, -0.2) is 0 Å². The molecule has 1 unspecified atom stereocenters. The van der Waals surface area contributed by atoms with Crippen LogP contribution in [0.5, 0.6) is 0 Å². The number of aliphatic hydroxyl groups is 1. The molecule has 1 aliphatic heterocycles. The van der Waals surface area contributed by atoms with Crippen LogP contribution in [0.3, 0.4) is 0 Å². The lowest BCUT2D eigenvalue weighted by Gasteiger charge is -2.23. The van der Waals surface area contributed by atoms with Gasteiger partial charge in [-0.15, -0.1) is 0 Å². The second kappa shape index (κ2) is 5.27. The van der Waals surface area contributed by atoms with Crippen LogP contribution in [0.2, 0.25) is 0 Å². The molecule has 1 aromatic heterocycles. The predicted octanol–water partition coefficient (Wildman–Crippen LogP) is 0.841. The van der Waals surface area contributed by atoms with Crippen LogP contribution in [0.15, 0.2) is 18.3 Å². The van der Waals surface area contributed by atoms with Crippen molar-refractivity contribution in [1.82, 2.24) is 4.98 Å². The molecule has 0 spiro atoms. The van der Waals surface area contributed by atoms with E-state index in [0.29, 0.717) is 19.8 Å². The SMILES string of the molecule is CCc1ccc(N2CCOCC(O)C2)cn1. The van der Waals surface area contributed by atoms with Crippen LogP contribution < -0.4 is 4.90 Å². The molecule has 0 radical (unpaired) electrons. The van der Waals surface area contributed by atoms with Gasteiger partial charge in [-0.2, -0.15) is 0 Å². The molecule has 1 aliphatic rings. The molecule has 1 aromatic rings. The molecule has 1 fully saturated rings. The minimum Gasteiger partial charge on any atom is -0.389 e. The number of hydrogen-bond donors (Lipinski definition) is 1. The predicted molar refractivity (Wildman–Crippen MR) is 62.7 cm³/mol. The van der Waals surface area contributed by atoms with E-state index < -0.39 is 6.10 Å². The zero-order valence-corrected chi connectivity index (χ0v) is 9.59. The van der Waals surface area contributed by atoms with E-state index in [0.717, 1.165) is 24.3 Å². The summed E-state index contributed by atoms with van der Waals surface area (Å²) < 4.78 is 5.29. The van der Waals surface area contributed by atoms with Crippen molar-refractivity contribution in [3.8, 4) is 0 Å². The fourth-order valence-corrected chi connectivity index (χ4v) is 1.84. The van der Waals surface area contributed by atoms with Crippen molar-refractivity contribution >= 4 is 5.69 Å². The Morgan fingerprint density at radius 3 is 3.12 bits per heavy atom. The second-order valence-corrected chi connectivity index (χ2v) is 4.04. The number of aromatic nitrogens is 1. The normalized spacial score (nSPS) is 21.9. The quantitative estimate of drug-likeness (QED) is 0.805. The molecule has 1 saturated heterocycles. The molecule has 0 bridgehead atoms. The fourth-order valence-electron chi connectivity index (χ4n) is 1.84. The summed E-state index contributed by atoms with van der Waals surface area (Å²) in [5.74, 6) is 0. The van der Waals surface area contributed by atoms with Gasteiger partial charge < -0.3 is 14.7 Å². The Labute approximate surface area is 95.9 Å². The first-order valence-corrected chi connectivity index (χ1v) is 5.75. The molecular formula is C12H18N2O2. The Balaban J connectivity index is 2.09. The van der Waals surface area contributed by atoms with Gasteiger partial charge in [0.15, 0.2) is 0 Å². The van der Waals surface area contributed by atoms with Gasteiger partial charge in [0, 0.05) is 18.8 Å².